The number of rotatable bonds is 3. The smallest absolute Gasteiger partial charge is 0.277 e. The monoisotopic (exact) mass is 601 g/mol. The number of hydrogen-bond acceptors (Lipinski definition) is 7. The van der Waals surface area contributed by atoms with Gasteiger partial charge in [-0.2, -0.15) is 5.06 Å². The Kier molecular flexibility index (Phi) is 11.0. The zero-order valence-electron chi connectivity index (χ0n) is 26.3. The number of carbonyl (C=O) groups excluding carboxylic acids is 5. The summed E-state index contributed by atoms with van der Waals surface area (Å²) in [5.74, 6) is 5.27. The van der Waals surface area contributed by atoms with Gasteiger partial charge in [0.25, 0.3) is 23.6 Å². The van der Waals surface area contributed by atoms with Crippen molar-refractivity contribution in [1.82, 2.24) is 10.1 Å². The van der Waals surface area contributed by atoms with Crippen LogP contribution in [0.2, 0.25) is 0 Å². The topological polar surface area (TPSA) is 114 Å². The van der Waals surface area contributed by atoms with Crippen LogP contribution in [-0.2, 0) is 40.2 Å². The molecule has 0 aromatic heterocycles. The second-order valence-electron chi connectivity index (χ2n) is 12.4. The van der Waals surface area contributed by atoms with Gasteiger partial charge in [0.1, 0.15) is 0 Å². The first-order valence-electron chi connectivity index (χ1n) is 14.2. The molecule has 0 N–H and O–H groups in total. The Labute approximate surface area is 258 Å². The molecule has 0 bridgehead atoms. The lowest BCUT2D eigenvalue weighted by Gasteiger charge is -2.29. The third-order valence-corrected chi connectivity index (χ3v) is 6.18. The van der Waals surface area contributed by atoms with Crippen LogP contribution in [0.15, 0.2) is 60.7 Å². The van der Waals surface area contributed by atoms with Crippen molar-refractivity contribution in [3.05, 3.63) is 77.4 Å². The highest BCUT2D eigenvalue weighted by molar-refractivity contribution is 6.11. The molecule has 2 aromatic rings. The molecule has 2 aromatic carbocycles. The highest BCUT2D eigenvalue weighted by Crippen LogP contribution is 2.29. The lowest BCUT2D eigenvalue weighted by molar-refractivity contribution is -0.218. The minimum Gasteiger partial charge on any atom is -0.307 e. The third kappa shape index (κ3) is 9.46. The summed E-state index contributed by atoms with van der Waals surface area (Å²) in [6, 6.07) is 16.0. The fourth-order valence-corrected chi connectivity index (χ4v) is 4.25. The Morgan fingerprint density at radius 3 is 1.82 bits per heavy atom. The number of benzene rings is 2. The number of imide groups is 2. The van der Waals surface area contributed by atoms with Gasteiger partial charge in [0.2, 0.25) is 5.91 Å². The maximum absolute atomic E-state index is 12.9. The predicted molar refractivity (Wildman–Crippen MR) is 164 cm³/mol. The molecule has 0 saturated carbocycles. The average Bonchev–Trinajstić information content (AvgIpc) is 3.43. The van der Waals surface area contributed by atoms with E-state index in [-0.39, 0.29) is 36.0 Å². The first-order valence-corrected chi connectivity index (χ1v) is 14.2. The summed E-state index contributed by atoms with van der Waals surface area (Å²) in [6.45, 7) is 12.2. The Morgan fingerprint density at radius 1 is 0.773 bits per heavy atom. The minimum absolute atomic E-state index is 0.0421. The van der Waals surface area contributed by atoms with E-state index >= 15 is 0 Å². The van der Waals surface area contributed by atoms with E-state index in [4.69, 9.17) is 4.84 Å². The number of hydrogen-bond donors (Lipinski definition) is 0. The second kappa shape index (κ2) is 14.3. The summed E-state index contributed by atoms with van der Waals surface area (Å²) < 4.78 is 0. The molecule has 3 aliphatic rings. The molecule has 0 aliphatic carbocycles. The van der Waals surface area contributed by atoms with Gasteiger partial charge in [-0.05, 0) is 49.9 Å². The van der Waals surface area contributed by atoms with Gasteiger partial charge in [0, 0.05) is 42.5 Å². The molecule has 232 valence electrons. The van der Waals surface area contributed by atoms with Crippen molar-refractivity contribution in [3.63, 3.8) is 0 Å². The first kappa shape index (κ1) is 33.9. The van der Waals surface area contributed by atoms with Crippen molar-refractivity contribution >= 4 is 35.2 Å². The first-order chi connectivity index (χ1) is 20.6. The molecular weight excluding hydrogens is 562 g/mol. The van der Waals surface area contributed by atoms with Crippen molar-refractivity contribution in [3.8, 4) is 11.8 Å². The fourth-order valence-electron chi connectivity index (χ4n) is 4.25. The number of nitrogens with zero attached hydrogens (tertiary/aromatic N) is 3. The second-order valence-corrected chi connectivity index (χ2v) is 12.4. The minimum atomic E-state index is -0.490. The molecule has 0 radical (unpaired) electrons. The van der Waals surface area contributed by atoms with Crippen molar-refractivity contribution in [2.75, 3.05) is 12.0 Å². The summed E-state index contributed by atoms with van der Waals surface area (Å²) in [6.07, 6.45) is 3.37. The van der Waals surface area contributed by atoms with Gasteiger partial charge in [-0.25, -0.2) is 0 Å². The van der Waals surface area contributed by atoms with Crippen LogP contribution in [0, 0.1) is 17.3 Å². The molecule has 44 heavy (non-hydrogen) atoms. The van der Waals surface area contributed by atoms with E-state index in [9.17, 15) is 24.0 Å². The number of anilines is 1. The van der Waals surface area contributed by atoms with Crippen molar-refractivity contribution in [1.29, 1.82) is 0 Å². The molecule has 3 aliphatic heterocycles. The van der Waals surface area contributed by atoms with Crippen LogP contribution >= 0.6 is 0 Å². The van der Waals surface area contributed by atoms with E-state index in [1.165, 1.54) is 7.11 Å². The third-order valence-electron chi connectivity index (χ3n) is 6.18. The normalized spacial score (nSPS) is 15.7. The molecule has 1 saturated heterocycles. The van der Waals surface area contributed by atoms with E-state index in [0.29, 0.717) is 18.0 Å². The lowest BCUT2D eigenvalue weighted by Crippen LogP contribution is -2.37. The van der Waals surface area contributed by atoms with Gasteiger partial charge < -0.3 is 4.90 Å². The van der Waals surface area contributed by atoms with Gasteiger partial charge in [-0.15, -0.1) is 5.06 Å². The quantitative estimate of drug-likeness (QED) is 0.370. The van der Waals surface area contributed by atoms with Crippen LogP contribution in [0.25, 0.3) is 0 Å². The van der Waals surface area contributed by atoms with Crippen LogP contribution < -0.4 is 4.90 Å². The summed E-state index contributed by atoms with van der Waals surface area (Å²) in [4.78, 5) is 67.5. The van der Waals surface area contributed by atoms with E-state index in [0.717, 1.165) is 39.6 Å². The molecule has 10 nitrogen and oxygen atoms in total. The number of para-hydroxylation sites is 1. The largest absolute Gasteiger partial charge is 0.307 e. The van der Waals surface area contributed by atoms with E-state index in [2.05, 4.69) is 43.5 Å². The van der Waals surface area contributed by atoms with Gasteiger partial charge in [0.05, 0.1) is 24.9 Å². The fraction of sp³-hybridized carbons (Fsp3) is 0.382. The van der Waals surface area contributed by atoms with Crippen LogP contribution in [0.5, 0.6) is 0 Å². The Balaban J connectivity index is 0.000000210. The predicted octanol–water partition coefficient (Wildman–Crippen LogP) is 4.71. The van der Waals surface area contributed by atoms with Crippen LogP contribution in [-0.4, -0.2) is 52.4 Å². The van der Waals surface area contributed by atoms with E-state index in [1.54, 1.807) is 20.8 Å². The van der Waals surface area contributed by atoms with Crippen molar-refractivity contribution in [2.45, 2.75) is 73.0 Å². The maximum Gasteiger partial charge on any atom is 0.277 e. The number of fused-ring (bicyclic) bond motifs is 2. The molecule has 0 atom stereocenters. The van der Waals surface area contributed by atoms with Gasteiger partial charge in [0.15, 0.2) is 0 Å². The summed E-state index contributed by atoms with van der Waals surface area (Å²) in [7, 11) is 1.27. The van der Waals surface area contributed by atoms with Crippen LogP contribution in [0.1, 0.15) is 77.5 Å². The number of carbonyl (C=O) groups is 5. The molecule has 0 unspecified atom stereocenters. The average molecular weight is 602 g/mol. The standard InChI is InChI=1S/C21H21NO.C8H13NO3.C5H5NO3/c1-21(2,3)14-20(23)22-15-18-10-5-4-8-16(18)12-13-17-9-6-7-11-19(17)22;1-8(2,3)12-9-6(10)4-5-7(9)11;1-9-6-4(7)2-3-5(6)8/h4-11H,14-15H2,1-3H3;4-5H2,1-3H3;2-3H,1H3. The Bertz CT molecular complexity index is 1490. The zero-order chi connectivity index (χ0) is 32.7. The van der Waals surface area contributed by atoms with Crippen LogP contribution in [0.4, 0.5) is 5.69 Å². The lowest BCUT2D eigenvalue weighted by atomic mass is 9.91. The molecule has 0 spiro atoms. The molecule has 1 fully saturated rings. The number of hydroxylamine groups is 4. The molecule has 10 heteroatoms. The highest BCUT2D eigenvalue weighted by Gasteiger charge is 2.33. The molecule has 5 amide bonds. The Hall–Kier alpha value is -4.59. The maximum atomic E-state index is 12.9. The van der Waals surface area contributed by atoms with E-state index in [1.807, 2.05) is 47.4 Å². The van der Waals surface area contributed by atoms with Gasteiger partial charge >= 0.3 is 0 Å². The molecular formula is C34H39N3O7. The zero-order valence-corrected chi connectivity index (χ0v) is 26.3. The van der Waals surface area contributed by atoms with Gasteiger partial charge in [-0.1, -0.05) is 62.9 Å². The summed E-state index contributed by atoms with van der Waals surface area (Å²) in [5, 5.41) is 1.56. The van der Waals surface area contributed by atoms with Crippen molar-refractivity contribution < 1.29 is 33.6 Å². The van der Waals surface area contributed by atoms with E-state index < -0.39 is 17.4 Å². The highest BCUT2D eigenvalue weighted by atomic mass is 16.7. The number of amides is 5. The molecule has 3 heterocycles. The van der Waals surface area contributed by atoms with Gasteiger partial charge in [-0.3, -0.25) is 33.6 Å². The molecule has 5 rings (SSSR count). The van der Waals surface area contributed by atoms with Crippen molar-refractivity contribution in [2.24, 2.45) is 5.41 Å². The summed E-state index contributed by atoms with van der Waals surface area (Å²) >= 11 is 0. The van der Waals surface area contributed by atoms with Crippen LogP contribution in [0.3, 0.4) is 0 Å². The SMILES string of the molecule is CC(C)(C)CC(=O)N1Cc2ccccc2C#Cc2ccccc21.CC(C)(C)ON1C(=O)CCC1=O.CON1C(=O)C=CC1=O. The summed E-state index contributed by atoms with van der Waals surface area (Å²) in [5.41, 5.74) is 3.37. The Morgan fingerprint density at radius 2 is 1.30 bits per heavy atom.